The Bertz CT molecular complexity index is 789. The van der Waals surface area contributed by atoms with Crippen molar-refractivity contribution in [3.05, 3.63) is 70.2 Å². The Balaban J connectivity index is 2.13. The Kier molecular flexibility index (Phi) is 8.52. The van der Waals surface area contributed by atoms with E-state index in [4.69, 9.17) is 11.6 Å². The fourth-order valence-corrected chi connectivity index (χ4v) is 3.13. The van der Waals surface area contributed by atoms with E-state index < -0.39 is 6.04 Å². The zero-order valence-electron chi connectivity index (χ0n) is 16.9. The van der Waals surface area contributed by atoms with E-state index in [2.05, 4.69) is 5.32 Å². The highest BCUT2D eigenvalue weighted by molar-refractivity contribution is 6.31. The second-order valence-corrected chi connectivity index (χ2v) is 7.47. The minimum Gasteiger partial charge on any atom is -0.354 e. The largest absolute Gasteiger partial charge is 0.354 e. The summed E-state index contributed by atoms with van der Waals surface area (Å²) in [7, 11) is 0. The van der Waals surface area contributed by atoms with E-state index >= 15 is 0 Å². The maximum Gasteiger partial charge on any atom is 0.242 e. The van der Waals surface area contributed by atoms with Gasteiger partial charge < -0.3 is 10.2 Å². The molecule has 4 nitrogen and oxygen atoms in total. The van der Waals surface area contributed by atoms with Gasteiger partial charge in [-0.3, -0.25) is 9.59 Å². The summed E-state index contributed by atoms with van der Waals surface area (Å²) in [4.78, 5) is 27.1. The van der Waals surface area contributed by atoms with Crippen LogP contribution in [0.15, 0.2) is 48.5 Å². The molecule has 1 atom stereocenters. The van der Waals surface area contributed by atoms with E-state index in [9.17, 15) is 9.59 Å². The van der Waals surface area contributed by atoms with Gasteiger partial charge in [-0.05, 0) is 43.9 Å². The minimum atomic E-state index is -0.562. The Morgan fingerprint density at radius 1 is 1.11 bits per heavy atom. The normalized spacial score (nSPS) is 11.7. The van der Waals surface area contributed by atoms with Gasteiger partial charge in [0, 0.05) is 24.5 Å². The van der Waals surface area contributed by atoms with Crippen LogP contribution in [0.25, 0.3) is 0 Å². The van der Waals surface area contributed by atoms with Crippen LogP contribution < -0.4 is 5.32 Å². The first-order valence-electron chi connectivity index (χ1n) is 9.78. The molecule has 0 aromatic heterocycles. The van der Waals surface area contributed by atoms with Gasteiger partial charge in [0.25, 0.3) is 0 Å². The third kappa shape index (κ3) is 6.38. The number of halogens is 1. The smallest absolute Gasteiger partial charge is 0.242 e. The zero-order chi connectivity index (χ0) is 20.5. The molecule has 2 amide bonds. The van der Waals surface area contributed by atoms with E-state index in [1.54, 1.807) is 17.9 Å². The highest BCUT2D eigenvalue weighted by Gasteiger charge is 2.26. The Morgan fingerprint density at radius 3 is 2.43 bits per heavy atom. The van der Waals surface area contributed by atoms with Gasteiger partial charge in [-0.15, -0.1) is 0 Å². The number of amides is 2. The van der Waals surface area contributed by atoms with Crippen LogP contribution in [0.1, 0.15) is 43.4 Å². The van der Waals surface area contributed by atoms with Crippen LogP contribution in [0.2, 0.25) is 5.02 Å². The SMILES string of the molecule is CCCNC(=O)[C@H](C)N(Cc1ccccc1Cl)C(=O)CCc1ccc(C)cc1. The van der Waals surface area contributed by atoms with Crippen molar-refractivity contribution >= 4 is 23.4 Å². The molecule has 1 N–H and O–H groups in total. The number of nitrogens with one attached hydrogen (secondary N) is 1. The standard InChI is InChI=1S/C23H29ClN2O2/c1-4-15-25-23(28)18(3)26(16-20-7-5-6-8-21(20)24)22(27)14-13-19-11-9-17(2)10-12-19/h5-12,18H,4,13-16H2,1-3H3,(H,25,28)/t18-/m0/s1. The predicted octanol–water partition coefficient (Wildman–Crippen LogP) is 4.52. The summed E-state index contributed by atoms with van der Waals surface area (Å²) in [6.45, 7) is 6.72. The van der Waals surface area contributed by atoms with Crippen LogP contribution in [-0.4, -0.2) is 29.3 Å². The molecule has 150 valence electrons. The lowest BCUT2D eigenvalue weighted by Crippen LogP contribution is -2.47. The molecule has 0 saturated heterocycles. The van der Waals surface area contributed by atoms with Gasteiger partial charge in [-0.1, -0.05) is 66.6 Å². The fourth-order valence-electron chi connectivity index (χ4n) is 2.94. The molecule has 0 fully saturated rings. The second-order valence-electron chi connectivity index (χ2n) is 7.07. The lowest BCUT2D eigenvalue weighted by atomic mass is 10.1. The lowest BCUT2D eigenvalue weighted by Gasteiger charge is -2.29. The van der Waals surface area contributed by atoms with Crippen molar-refractivity contribution in [1.82, 2.24) is 10.2 Å². The van der Waals surface area contributed by atoms with Crippen molar-refractivity contribution in [2.75, 3.05) is 6.54 Å². The van der Waals surface area contributed by atoms with Crippen LogP contribution in [0.4, 0.5) is 0 Å². The van der Waals surface area contributed by atoms with E-state index in [-0.39, 0.29) is 11.8 Å². The van der Waals surface area contributed by atoms with Gasteiger partial charge in [0.1, 0.15) is 6.04 Å². The molecule has 2 aromatic rings. The monoisotopic (exact) mass is 400 g/mol. The number of carbonyl (C=O) groups excluding carboxylic acids is 2. The molecule has 0 spiro atoms. The molecule has 2 aromatic carbocycles. The average Bonchev–Trinajstić information content (AvgIpc) is 2.70. The van der Waals surface area contributed by atoms with Gasteiger partial charge in [0.15, 0.2) is 0 Å². The maximum absolute atomic E-state index is 13.0. The Morgan fingerprint density at radius 2 is 1.79 bits per heavy atom. The van der Waals surface area contributed by atoms with Crippen molar-refractivity contribution < 1.29 is 9.59 Å². The number of carbonyl (C=O) groups is 2. The summed E-state index contributed by atoms with van der Waals surface area (Å²) in [5.74, 6) is -0.197. The molecule has 0 saturated carbocycles. The molecule has 0 bridgehead atoms. The molecule has 0 aliphatic carbocycles. The molecule has 0 heterocycles. The summed E-state index contributed by atoms with van der Waals surface area (Å²) in [5, 5.41) is 3.48. The third-order valence-corrected chi connectivity index (χ3v) is 5.13. The second kappa shape index (κ2) is 10.9. The number of hydrogen-bond acceptors (Lipinski definition) is 2. The van der Waals surface area contributed by atoms with Gasteiger partial charge >= 0.3 is 0 Å². The van der Waals surface area contributed by atoms with Crippen LogP contribution in [0.3, 0.4) is 0 Å². The predicted molar refractivity (Wildman–Crippen MR) is 114 cm³/mol. The molecule has 0 aliphatic heterocycles. The van der Waals surface area contributed by atoms with E-state index in [0.29, 0.717) is 31.0 Å². The molecular weight excluding hydrogens is 372 g/mol. The van der Waals surface area contributed by atoms with Crippen molar-refractivity contribution in [2.45, 2.75) is 52.6 Å². The average molecular weight is 401 g/mol. The Labute approximate surface area is 172 Å². The number of nitrogens with zero attached hydrogens (tertiary/aromatic N) is 1. The van der Waals surface area contributed by atoms with Gasteiger partial charge in [-0.25, -0.2) is 0 Å². The first-order valence-corrected chi connectivity index (χ1v) is 10.2. The summed E-state index contributed by atoms with van der Waals surface area (Å²) >= 11 is 6.29. The highest BCUT2D eigenvalue weighted by Crippen LogP contribution is 2.19. The molecule has 0 aliphatic rings. The maximum atomic E-state index is 13.0. The van der Waals surface area contributed by atoms with Crippen molar-refractivity contribution in [2.24, 2.45) is 0 Å². The van der Waals surface area contributed by atoms with Crippen molar-refractivity contribution in [3.63, 3.8) is 0 Å². The number of rotatable bonds is 9. The number of aryl methyl sites for hydroxylation is 2. The lowest BCUT2D eigenvalue weighted by molar-refractivity contribution is -0.140. The van der Waals surface area contributed by atoms with Crippen molar-refractivity contribution in [3.8, 4) is 0 Å². The van der Waals surface area contributed by atoms with Gasteiger partial charge in [-0.2, -0.15) is 0 Å². The molecule has 5 heteroatoms. The summed E-state index contributed by atoms with van der Waals surface area (Å²) in [5.41, 5.74) is 3.14. The summed E-state index contributed by atoms with van der Waals surface area (Å²) < 4.78 is 0. The quantitative estimate of drug-likeness (QED) is 0.672. The van der Waals surface area contributed by atoms with E-state index in [0.717, 1.165) is 17.5 Å². The van der Waals surface area contributed by atoms with E-state index in [1.807, 2.05) is 56.3 Å². The van der Waals surface area contributed by atoms with Crippen LogP contribution in [0.5, 0.6) is 0 Å². The Hall–Kier alpha value is -2.33. The highest BCUT2D eigenvalue weighted by atomic mass is 35.5. The molecule has 0 unspecified atom stereocenters. The first kappa shape index (κ1) is 22.0. The third-order valence-electron chi connectivity index (χ3n) is 4.76. The number of hydrogen-bond donors (Lipinski definition) is 1. The zero-order valence-corrected chi connectivity index (χ0v) is 17.6. The van der Waals surface area contributed by atoms with Crippen molar-refractivity contribution in [1.29, 1.82) is 0 Å². The van der Waals surface area contributed by atoms with Gasteiger partial charge in [0.2, 0.25) is 11.8 Å². The number of benzene rings is 2. The van der Waals surface area contributed by atoms with Crippen LogP contribution in [0, 0.1) is 6.92 Å². The summed E-state index contributed by atoms with van der Waals surface area (Å²) in [6, 6.07) is 15.0. The summed E-state index contributed by atoms with van der Waals surface area (Å²) in [6.07, 6.45) is 1.84. The minimum absolute atomic E-state index is 0.0559. The fraction of sp³-hybridized carbons (Fsp3) is 0.391. The molecule has 28 heavy (non-hydrogen) atoms. The topological polar surface area (TPSA) is 49.4 Å². The van der Waals surface area contributed by atoms with Crippen LogP contribution >= 0.6 is 11.6 Å². The van der Waals surface area contributed by atoms with Crippen LogP contribution in [-0.2, 0) is 22.6 Å². The molecule has 0 radical (unpaired) electrons. The van der Waals surface area contributed by atoms with Gasteiger partial charge in [0.05, 0.1) is 0 Å². The van der Waals surface area contributed by atoms with E-state index in [1.165, 1.54) is 5.56 Å². The molecule has 2 rings (SSSR count). The molecular formula is C23H29ClN2O2. The first-order chi connectivity index (χ1) is 13.4.